The summed E-state index contributed by atoms with van der Waals surface area (Å²) in [5, 5.41) is 22.0. The number of benzene rings is 2. The predicted octanol–water partition coefficient (Wildman–Crippen LogP) is 3.85. The molecule has 4 aliphatic heterocycles. The van der Waals surface area contributed by atoms with Gasteiger partial charge in [0, 0.05) is 47.3 Å². The normalized spacial score (nSPS) is 27.1. The molecule has 9 heteroatoms. The van der Waals surface area contributed by atoms with Gasteiger partial charge in [0.25, 0.3) is 0 Å². The van der Waals surface area contributed by atoms with Gasteiger partial charge in [0.05, 0.1) is 19.2 Å². The quantitative estimate of drug-likeness (QED) is 0.478. The molecule has 0 amide bonds. The lowest BCUT2D eigenvalue weighted by Crippen LogP contribution is -2.68. The Balaban J connectivity index is 1.62. The molecule has 200 valence electrons. The van der Waals surface area contributed by atoms with Gasteiger partial charge in [-0.25, -0.2) is 0 Å². The second-order valence-electron chi connectivity index (χ2n) is 10.8. The minimum absolute atomic E-state index is 0.0554. The number of esters is 1. The lowest BCUT2D eigenvalue weighted by Gasteiger charge is -2.60. The van der Waals surface area contributed by atoms with Crippen molar-refractivity contribution in [3.63, 3.8) is 0 Å². The van der Waals surface area contributed by atoms with Crippen molar-refractivity contribution < 1.29 is 28.8 Å². The van der Waals surface area contributed by atoms with Gasteiger partial charge in [0.2, 0.25) is 6.79 Å². The fourth-order valence-corrected chi connectivity index (χ4v) is 7.52. The summed E-state index contributed by atoms with van der Waals surface area (Å²) < 4.78 is 23.3. The van der Waals surface area contributed by atoms with Gasteiger partial charge < -0.3 is 24.1 Å². The van der Waals surface area contributed by atoms with Crippen molar-refractivity contribution in [2.75, 3.05) is 21.0 Å². The number of hydrogen-bond donors (Lipinski definition) is 1. The van der Waals surface area contributed by atoms with E-state index in [0.29, 0.717) is 35.8 Å². The number of phenolic OH excluding ortho intramolecular Hbond substituents is 1. The third-order valence-electron chi connectivity index (χ3n) is 8.90. The lowest BCUT2D eigenvalue weighted by molar-refractivity contribution is -0.132. The number of nitriles is 1. The largest absolute Gasteiger partial charge is 0.504 e. The number of rotatable bonds is 3. The van der Waals surface area contributed by atoms with E-state index in [4.69, 9.17) is 18.9 Å². The number of likely N-dealkylation sites (N-methyl/N-ethyl adjacent to an activating group) is 1. The second kappa shape index (κ2) is 8.79. The van der Waals surface area contributed by atoms with Crippen molar-refractivity contribution in [1.29, 1.82) is 5.26 Å². The van der Waals surface area contributed by atoms with Crippen molar-refractivity contribution in [2.45, 2.75) is 77.2 Å². The van der Waals surface area contributed by atoms with Gasteiger partial charge in [-0.3, -0.25) is 14.6 Å². The third-order valence-corrected chi connectivity index (χ3v) is 8.90. The number of ether oxygens (including phenoxy) is 4. The number of hydrogen-bond acceptors (Lipinski definition) is 9. The highest BCUT2D eigenvalue weighted by atomic mass is 16.7. The lowest BCUT2D eigenvalue weighted by atomic mass is 9.71. The molecular weight excluding hydrogens is 486 g/mol. The summed E-state index contributed by atoms with van der Waals surface area (Å²) in [7, 11) is 3.61. The van der Waals surface area contributed by atoms with E-state index < -0.39 is 5.97 Å². The van der Waals surface area contributed by atoms with Crippen molar-refractivity contribution in [3.05, 3.63) is 39.4 Å². The first-order valence-electron chi connectivity index (χ1n) is 13.1. The van der Waals surface area contributed by atoms with E-state index in [9.17, 15) is 15.2 Å². The summed E-state index contributed by atoms with van der Waals surface area (Å²) in [5.74, 6) is 2.03. The minimum atomic E-state index is -0.402. The van der Waals surface area contributed by atoms with Crippen molar-refractivity contribution >= 4 is 5.97 Å². The van der Waals surface area contributed by atoms with E-state index in [2.05, 4.69) is 28.9 Å². The SMILES string of the molecule is CC[C@H]1c2c(c(OC(C)=O)c(C)c3c2OCO3)CC2[C@@H]3c4c(cc(C)c(OC)c4O)C[C@H]([C@H](C#N)N21)N3C. The summed E-state index contributed by atoms with van der Waals surface area (Å²) in [6.45, 7) is 7.42. The van der Waals surface area contributed by atoms with Crippen LogP contribution in [-0.2, 0) is 17.6 Å². The number of aromatic hydroxyl groups is 1. The zero-order valence-corrected chi connectivity index (χ0v) is 22.6. The van der Waals surface area contributed by atoms with Crippen LogP contribution in [0.2, 0.25) is 0 Å². The number of phenols is 1. The molecule has 5 atom stereocenters. The van der Waals surface area contributed by atoms with Crippen LogP contribution in [-0.4, -0.2) is 60.0 Å². The molecule has 2 aromatic carbocycles. The van der Waals surface area contributed by atoms with Crippen molar-refractivity contribution in [3.8, 4) is 34.8 Å². The van der Waals surface area contributed by atoms with Gasteiger partial charge in [-0.05, 0) is 51.3 Å². The summed E-state index contributed by atoms with van der Waals surface area (Å²) in [5.41, 5.74) is 5.35. The Kier molecular flexibility index (Phi) is 5.74. The first kappa shape index (κ1) is 24.8. The van der Waals surface area contributed by atoms with Crippen LogP contribution in [0.25, 0.3) is 0 Å². The van der Waals surface area contributed by atoms with Crippen LogP contribution >= 0.6 is 0 Å². The first-order chi connectivity index (χ1) is 18.2. The topological polar surface area (TPSA) is 104 Å². The molecule has 6 rings (SSSR count). The highest BCUT2D eigenvalue weighted by Crippen LogP contribution is 2.58. The molecule has 4 aliphatic rings. The van der Waals surface area contributed by atoms with Crippen LogP contribution in [0.4, 0.5) is 0 Å². The highest BCUT2D eigenvalue weighted by Gasteiger charge is 2.56. The van der Waals surface area contributed by atoms with Gasteiger partial charge in [-0.1, -0.05) is 13.0 Å². The van der Waals surface area contributed by atoms with Gasteiger partial charge in [0.15, 0.2) is 23.0 Å². The fraction of sp³-hybridized carbons (Fsp3) is 0.517. The van der Waals surface area contributed by atoms with Crippen LogP contribution in [0.5, 0.6) is 28.7 Å². The zero-order valence-electron chi connectivity index (χ0n) is 22.6. The van der Waals surface area contributed by atoms with E-state index in [0.717, 1.165) is 39.8 Å². The number of carbonyl (C=O) groups is 1. The Hall–Kier alpha value is -3.48. The smallest absolute Gasteiger partial charge is 0.308 e. The van der Waals surface area contributed by atoms with Crippen molar-refractivity contribution in [1.82, 2.24) is 9.80 Å². The molecule has 1 fully saturated rings. The van der Waals surface area contributed by atoms with E-state index in [1.54, 1.807) is 7.11 Å². The maximum Gasteiger partial charge on any atom is 0.308 e. The van der Waals surface area contributed by atoms with Gasteiger partial charge in [0.1, 0.15) is 11.8 Å². The Morgan fingerprint density at radius 1 is 1.18 bits per heavy atom. The predicted molar refractivity (Wildman–Crippen MR) is 138 cm³/mol. The van der Waals surface area contributed by atoms with Crippen LogP contribution in [0.15, 0.2) is 6.07 Å². The molecule has 0 spiro atoms. The van der Waals surface area contributed by atoms with E-state index >= 15 is 0 Å². The van der Waals surface area contributed by atoms with Crippen LogP contribution in [0.1, 0.15) is 65.7 Å². The molecule has 0 aromatic heterocycles. The number of piperazine rings is 1. The van der Waals surface area contributed by atoms with Gasteiger partial charge in [-0.2, -0.15) is 5.26 Å². The monoisotopic (exact) mass is 519 g/mol. The summed E-state index contributed by atoms with van der Waals surface area (Å²) >= 11 is 0. The molecule has 1 N–H and O–H groups in total. The zero-order chi connectivity index (χ0) is 27.0. The molecule has 2 aromatic rings. The van der Waals surface area contributed by atoms with Crippen LogP contribution in [0.3, 0.4) is 0 Å². The molecule has 1 saturated heterocycles. The number of fused-ring (bicyclic) bond motifs is 9. The van der Waals surface area contributed by atoms with Gasteiger partial charge >= 0.3 is 5.97 Å². The molecule has 2 bridgehead atoms. The van der Waals surface area contributed by atoms with Gasteiger partial charge in [-0.15, -0.1) is 0 Å². The van der Waals surface area contributed by atoms with Crippen LogP contribution < -0.4 is 18.9 Å². The second-order valence-corrected chi connectivity index (χ2v) is 10.8. The molecule has 38 heavy (non-hydrogen) atoms. The third kappa shape index (κ3) is 3.20. The average Bonchev–Trinajstić information content (AvgIpc) is 3.36. The molecule has 1 unspecified atom stereocenters. The average molecular weight is 520 g/mol. The summed E-state index contributed by atoms with van der Waals surface area (Å²) in [6.07, 6.45) is 1.88. The number of methoxy groups -OCH3 is 1. The maximum absolute atomic E-state index is 12.2. The first-order valence-corrected chi connectivity index (χ1v) is 13.1. The van der Waals surface area contributed by atoms with E-state index in [1.807, 2.05) is 20.9 Å². The van der Waals surface area contributed by atoms with Crippen LogP contribution in [0, 0.1) is 25.2 Å². The summed E-state index contributed by atoms with van der Waals surface area (Å²) in [6, 6.07) is 3.77. The molecule has 0 aliphatic carbocycles. The molecule has 9 nitrogen and oxygen atoms in total. The Labute approximate surface area is 222 Å². The number of nitrogens with zero attached hydrogens (tertiary/aromatic N) is 3. The fourth-order valence-electron chi connectivity index (χ4n) is 7.52. The number of aryl methyl sites for hydroxylation is 1. The Bertz CT molecular complexity index is 1400. The number of carbonyl (C=O) groups excluding carboxylic acids is 1. The highest BCUT2D eigenvalue weighted by molar-refractivity contribution is 5.74. The molecule has 4 heterocycles. The molecule has 0 radical (unpaired) electrons. The maximum atomic E-state index is 12.2. The van der Waals surface area contributed by atoms with Crippen molar-refractivity contribution in [2.24, 2.45) is 0 Å². The molecule has 0 saturated carbocycles. The standard InChI is InChI=1S/C29H33N3O6/c1-7-18-23-17(27(38-15(4)33)14(3)28-29(23)37-12-36-28)10-20-24-22-16(8-13(2)26(35-6)25(22)34)9-19(31(24)5)21(11-30)32(18)20/h8,18-21,24,34H,7,9-10,12H2,1-6H3/t18-,19+,20?,21-,24+/m0/s1. The summed E-state index contributed by atoms with van der Waals surface area (Å²) in [4.78, 5) is 16.8. The van der Waals surface area contributed by atoms with E-state index in [1.165, 1.54) is 6.92 Å². The molecular formula is C29H33N3O6. The van der Waals surface area contributed by atoms with E-state index in [-0.39, 0.29) is 42.8 Å². The Morgan fingerprint density at radius 2 is 1.92 bits per heavy atom. The minimum Gasteiger partial charge on any atom is -0.504 e. The Morgan fingerprint density at radius 3 is 2.58 bits per heavy atom.